The molecule has 92 valence electrons. The maximum atomic E-state index is 11.3. The van der Waals surface area contributed by atoms with Crippen molar-refractivity contribution in [1.82, 2.24) is 10.2 Å². The molecular weight excluding hydrogens is 208 g/mol. The molecule has 0 atom stereocenters. The molecule has 0 aromatic carbocycles. The number of amides is 2. The Bertz CT molecular complexity index is 241. The van der Waals surface area contributed by atoms with Crippen molar-refractivity contribution in [2.45, 2.75) is 13.3 Å². The van der Waals surface area contributed by atoms with Gasteiger partial charge in [0.15, 0.2) is 0 Å². The van der Waals surface area contributed by atoms with E-state index in [1.807, 2.05) is 0 Å². The molecule has 1 N–H and O–H groups in total. The van der Waals surface area contributed by atoms with Crippen molar-refractivity contribution in [2.75, 3.05) is 33.4 Å². The third-order valence-electron chi connectivity index (χ3n) is 2.03. The van der Waals surface area contributed by atoms with E-state index >= 15 is 0 Å². The van der Waals surface area contributed by atoms with Crippen LogP contribution in [0, 0.1) is 0 Å². The second-order valence-corrected chi connectivity index (χ2v) is 3.35. The Hall–Kier alpha value is -1.36. The van der Waals surface area contributed by atoms with Crippen LogP contribution in [0.1, 0.15) is 13.3 Å². The lowest BCUT2D eigenvalue weighted by atomic mass is 10.3. The van der Waals surface area contributed by atoms with Crippen LogP contribution >= 0.6 is 0 Å². The van der Waals surface area contributed by atoms with Crippen LogP contribution in [0.2, 0.25) is 0 Å². The van der Waals surface area contributed by atoms with Gasteiger partial charge in [-0.1, -0.05) is 6.08 Å². The summed E-state index contributed by atoms with van der Waals surface area (Å²) in [7, 11) is 1.58. The van der Waals surface area contributed by atoms with Gasteiger partial charge in [0.05, 0.1) is 6.61 Å². The molecular formula is C11H20N2O3. The number of rotatable bonds is 8. The fourth-order valence-corrected chi connectivity index (χ4v) is 1.15. The number of carbonyl (C=O) groups is 2. The molecule has 0 heterocycles. The zero-order valence-electron chi connectivity index (χ0n) is 9.99. The second-order valence-electron chi connectivity index (χ2n) is 3.35. The fraction of sp³-hybridized carbons (Fsp3) is 0.636. The highest BCUT2D eigenvalue weighted by molar-refractivity contribution is 5.78. The van der Waals surface area contributed by atoms with Crippen molar-refractivity contribution in [3.05, 3.63) is 12.7 Å². The van der Waals surface area contributed by atoms with E-state index in [0.717, 1.165) is 0 Å². The minimum absolute atomic E-state index is 0.0513. The standard InChI is InChI=1S/C11H20N2O3/c1-4-7-13(10(2)14)8-5-11(15)12-6-9-16-3/h4H,1,5-9H2,2-3H3,(H,12,15). The van der Waals surface area contributed by atoms with Gasteiger partial charge in [-0.2, -0.15) is 0 Å². The molecule has 0 rings (SSSR count). The molecule has 0 aromatic rings. The lowest BCUT2D eigenvalue weighted by Gasteiger charge is -2.18. The minimum Gasteiger partial charge on any atom is -0.383 e. The molecule has 0 radical (unpaired) electrons. The molecule has 2 amide bonds. The molecule has 0 saturated heterocycles. The number of ether oxygens (including phenoxy) is 1. The first-order valence-corrected chi connectivity index (χ1v) is 5.23. The molecule has 0 unspecified atom stereocenters. The zero-order valence-corrected chi connectivity index (χ0v) is 9.99. The van der Waals surface area contributed by atoms with Crippen LogP contribution in [0.4, 0.5) is 0 Å². The third-order valence-corrected chi connectivity index (χ3v) is 2.03. The smallest absolute Gasteiger partial charge is 0.221 e. The van der Waals surface area contributed by atoms with Gasteiger partial charge in [0.1, 0.15) is 0 Å². The van der Waals surface area contributed by atoms with Crippen LogP contribution < -0.4 is 5.32 Å². The van der Waals surface area contributed by atoms with Gasteiger partial charge in [0, 0.05) is 40.1 Å². The van der Waals surface area contributed by atoms with Crippen molar-refractivity contribution in [2.24, 2.45) is 0 Å². The maximum absolute atomic E-state index is 11.3. The van der Waals surface area contributed by atoms with E-state index in [0.29, 0.717) is 32.7 Å². The largest absolute Gasteiger partial charge is 0.383 e. The minimum atomic E-state index is -0.0765. The van der Waals surface area contributed by atoms with Crippen molar-refractivity contribution in [1.29, 1.82) is 0 Å². The summed E-state index contributed by atoms with van der Waals surface area (Å²) in [6.45, 7) is 6.92. The topological polar surface area (TPSA) is 58.6 Å². The Balaban J connectivity index is 3.78. The summed E-state index contributed by atoms with van der Waals surface area (Å²) in [5, 5.41) is 2.69. The summed E-state index contributed by atoms with van der Waals surface area (Å²) in [4.78, 5) is 24.0. The van der Waals surface area contributed by atoms with Crippen LogP contribution in [-0.4, -0.2) is 50.1 Å². The quantitative estimate of drug-likeness (QED) is 0.476. The highest BCUT2D eigenvalue weighted by atomic mass is 16.5. The lowest BCUT2D eigenvalue weighted by Crippen LogP contribution is -2.34. The Morgan fingerprint density at radius 3 is 2.69 bits per heavy atom. The Labute approximate surface area is 96.4 Å². The average molecular weight is 228 g/mol. The Morgan fingerprint density at radius 2 is 2.19 bits per heavy atom. The van der Waals surface area contributed by atoms with Crippen molar-refractivity contribution < 1.29 is 14.3 Å². The van der Waals surface area contributed by atoms with Gasteiger partial charge in [-0.25, -0.2) is 0 Å². The monoisotopic (exact) mass is 228 g/mol. The molecule has 0 bridgehead atoms. The van der Waals surface area contributed by atoms with Gasteiger partial charge >= 0.3 is 0 Å². The molecule has 0 aliphatic heterocycles. The van der Waals surface area contributed by atoms with E-state index < -0.39 is 0 Å². The first-order valence-electron chi connectivity index (χ1n) is 5.23. The van der Waals surface area contributed by atoms with Crippen LogP contribution in [0.5, 0.6) is 0 Å². The molecule has 0 aromatic heterocycles. The van der Waals surface area contributed by atoms with Crippen molar-refractivity contribution in [3.8, 4) is 0 Å². The summed E-state index contributed by atoms with van der Waals surface area (Å²) >= 11 is 0. The van der Waals surface area contributed by atoms with Crippen LogP contribution in [0.25, 0.3) is 0 Å². The molecule has 16 heavy (non-hydrogen) atoms. The SMILES string of the molecule is C=CCN(CCC(=O)NCCOC)C(C)=O. The fourth-order valence-electron chi connectivity index (χ4n) is 1.15. The zero-order chi connectivity index (χ0) is 12.4. The van der Waals surface area contributed by atoms with Gasteiger partial charge in [-0.3, -0.25) is 9.59 Å². The maximum Gasteiger partial charge on any atom is 0.221 e. The molecule has 0 aliphatic rings. The molecule has 5 heteroatoms. The number of carbonyl (C=O) groups excluding carboxylic acids is 2. The highest BCUT2D eigenvalue weighted by Gasteiger charge is 2.08. The number of hydrogen-bond acceptors (Lipinski definition) is 3. The summed E-state index contributed by atoms with van der Waals surface area (Å²) in [6.07, 6.45) is 1.95. The van der Waals surface area contributed by atoms with Gasteiger partial charge in [0.2, 0.25) is 11.8 Å². The number of hydrogen-bond donors (Lipinski definition) is 1. The average Bonchev–Trinajstić information content (AvgIpc) is 2.24. The molecule has 0 aliphatic carbocycles. The Kier molecular flexibility index (Phi) is 8.15. The molecule has 5 nitrogen and oxygen atoms in total. The predicted molar refractivity (Wildman–Crippen MR) is 62.0 cm³/mol. The second kappa shape index (κ2) is 8.91. The summed E-state index contributed by atoms with van der Waals surface area (Å²) in [6, 6.07) is 0. The van der Waals surface area contributed by atoms with E-state index in [1.54, 1.807) is 18.1 Å². The predicted octanol–water partition coefficient (Wildman–Crippen LogP) is 0.174. The molecule has 0 spiro atoms. The van der Waals surface area contributed by atoms with E-state index in [1.165, 1.54) is 6.92 Å². The molecule has 0 saturated carbocycles. The third kappa shape index (κ3) is 7.00. The van der Waals surface area contributed by atoms with Gasteiger partial charge in [0.25, 0.3) is 0 Å². The molecule has 0 fully saturated rings. The van der Waals surface area contributed by atoms with Gasteiger partial charge in [-0.05, 0) is 0 Å². The summed E-state index contributed by atoms with van der Waals surface area (Å²) in [5.74, 6) is -0.128. The Morgan fingerprint density at radius 1 is 1.50 bits per heavy atom. The number of nitrogens with one attached hydrogen (secondary N) is 1. The van der Waals surface area contributed by atoms with Crippen LogP contribution in [0.15, 0.2) is 12.7 Å². The van der Waals surface area contributed by atoms with Crippen LogP contribution in [-0.2, 0) is 14.3 Å². The highest BCUT2D eigenvalue weighted by Crippen LogP contribution is 1.93. The lowest BCUT2D eigenvalue weighted by molar-refractivity contribution is -0.129. The first kappa shape index (κ1) is 14.6. The normalized spacial score (nSPS) is 9.62. The van der Waals surface area contributed by atoms with E-state index in [4.69, 9.17) is 4.74 Å². The van der Waals surface area contributed by atoms with Gasteiger partial charge < -0.3 is 15.0 Å². The van der Waals surface area contributed by atoms with Gasteiger partial charge in [-0.15, -0.1) is 6.58 Å². The first-order chi connectivity index (χ1) is 7.61. The van der Waals surface area contributed by atoms with Crippen molar-refractivity contribution >= 4 is 11.8 Å². The van der Waals surface area contributed by atoms with E-state index in [-0.39, 0.29) is 11.8 Å². The van der Waals surface area contributed by atoms with E-state index in [9.17, 15) is 9.59 Å². The summed E-state index contributed by atoms with van der Waals surface area (Å²) < 4.78 is 4.80. The van der Waals surface area contributed by atoms with Crippen LogP contribution in [0.3, 0.4) is 0 Å². The van der Waals surface area contributed by atoms with E-state index in [2.05, 4.69) is 11.9 Å². The van der Waals surface area contributed by atoms with Crippen molar-refractivity contribution in [3.63, 3.8) is 0 Å². The summed E-state index contributed by atoms with van der Waals surface area (Å²) in [5.41, 5.74) is 0. The number of methoxy groups -OCH3 is 1. The number of nitrogens with zero attached hydrogens (tertiary/aromatic N) is 1.